The third kappa shape index (κ3) is 2.59. The van der Waals surface area contributed by atoms with Crippen LogP contribution in [0.5, 0.6) is 0 Å². The number of hydrogen-bond donors (Lipinski definition) is 1. The van der Waals surface area contributed by atoms with Crippen LogP contribution < -0.4 is 10.6 Å². The Labute approximate surface area is 106 Å². The van der Waals surface area contributed by atoms with Gasteiger partial charge in [0.25, 0.3) is 0 Å². The lowest BCUT2D eigenvalue weighted by atomic mass is 10.1. The average Bonchev–Trinajstić information content (AvgIpc) is 2.35. The Morgan fingerprint density at radius 2 is 2.11 bits per heavy atom. The van der Waals surface area contributed by atoms with Gasteiger partial charge >= 0.3 is 0 Å². The number of hydrogen-bond acceptors (Lipinski definition) is 3. The highest BCUT2D eigenvalue weighted by atomic mass is 19.1. The third-order valence-electron chi connectivity index (χ3n) is 2.84. The highest BCUT2D eigenvalue weighted by Gasteiger charge is 2.09. The Hall–Kier alpha value is -2.10. The number of benzene rings is 1. The quantitative estimate of drug-likeness (QED) is 0.845. The molecule has 1 aromatic carbocycles. The molecule has 18 heavy (non-hydrogen) atoms. The van der Waals surface area contributed by atoms with E-state index in [2.05, 4.69) is 4.98 Å². The van der Waals surface area contributed by atoms with Crippen molar-refractivity contribution in [1.82, 2.24) is 4.98 Å². The normalized spacial score (nSPS) is 10.4. The van der Waals surface area contributed by atoms with E-state index in [0.29, 0.717) is 17.8 Å². The number of nitrogens with two attached hydrogens (primary N) is 1. The zero-order valence-corrected chi connectivity index (χ0v) is 10.5. The molecule has 0 radical (unpaired) electrons. The van der Waals surface area contributed by atoms with Crippen LogP contribution in [0.15, 0.2) is 36.5 Å². The van der Waals surface area contributed by atoms with Crippen LogP contribution in [0.25, 0.3) is 0 Å². The van der Waals surface area contributed by atoms with E-state index in [4.69, 9.17) is 5.73 Å². The zero-order valence-electron chi connectivity index (χ0n) is 10.5. The van der Waals surface area contributed by atoms with Crippen LogP contribution in [-0.4, -0.2) is 12.0 Å². The first kappa shape index (κ1) is 12.4. The fourth-order valence-corrected chi connectivity index (χ4v) is 1.83. The number of nitrogen functional groups attached to an aromatic ring is 1. The summed E-state index contributed by atoms with van der Waals surface area (Å²) in [4.78, 5) is 6.22. The second kappa shape index (κ2) is 5.04. The molecular formula is C14H16FN3. The van der Waals surface area contributed by atoms with E-state index in [9.17, 15) is 4.39 Å². The number of aryl methyl sites for hydroxylation is 1. The number of halogens is 1. The summed E-state index contributed by atoms with van der Waals surface area (Å²) in [5.41, 5.74) is 8.64. The molecular weight excluding hydrogens is 229 g/mol. The second-order valence-electron chi connectivity index (χ2n) is 4.34. The standard InChI is InChI=1S/C14H16FN3/c1-10-7-14(13(16)8-12(10)15)18(2)9-11-5-3-4-6-17-11/h3-8H,9,16H2,1-2H3. The minimum atomic E-state index is -0.275. The van der Waals surface area contributed by atoms with Gasteiger partial charge in [0, 0.05) is 13.2 Å². The van der Waals surface area contributed by atoms with E-state index in [1.807, 2.05) is 30.1 Å². The Morgan fingerprint density at radius 3 is 2.78 bits per heavy atom. The first-order valence-corrected chi connectivity index (χ1v) is 5.74. The molecule has 0 saturated heterocycles. The fourth-order valence-electron chi connectivity index (χ4n) is 1.83. The van der Waals surface area contributed by atoms with Crippen LogP contribution in [0.2, 0.25) is 0 Å². The minimum Gasteiger partial charge on any atom is -0.397 e. The molecule has 1 heterocycles. The molecule has 0 saturated carbocycles. The summed E-state index contributed by atoms with van der Waals surface area (Å²) in [6, 6.07) is 8.88. The molecule has 0 bridgehead atoms. The Bertz CT molecular complexity index is 540. The van der Waals surface area contributed by atoms with Crippen molar-refractivity contribution >= 4 is 11.4 Å². The van der Waals surface area contributed by atoms with Crippen LogP contribution in [0.4, 0.5) is 15.8 Å². The van der Waals surface area contributed by atoms with Gasteiger partial charge in [0.1, 0.15) is 5.82 Å². The van der Waals surface area contributed by atoms with Crippen molar-refractivity contribution in [3.63, 3.8) is 0 Å². The van der Waals surface area contributed by atoms with Crippen molar-refractivity contribution in [1.29, 1.82) is 0 Å². The number of pyridine rings is 1. The van der Waals surface area contributed by atoms with Gasteiger partial charge in [-0.25, -0.2) is 4.39 Å². The molecule has 0 atom stereocenters. The SMILES string of the molecule is Cc1cc(N(C)Cc2ccccn2)c(N)cc1F. The molecule has 3 nitrogen and oxygen atoms in total. The van der Waals surface area contributed by atoms with E-state index >= 15 is 0 Å². The molecule has 0 aliphatic rings. The summed E-state index contributed by atoms with van der Waals surface area (Å²) in [7, 11) is 1.91. The maximum atomic E-state index is 13.3. The van der Waals surface area contributed by atoms with Crippen LogP contribution in [0.3, 0.4) is 0 Å². The molecule has 0 aliphatic carbocycles. The van der Waals surface area contributed by atoms with Crippen molar-refractivity contribution in [2.24, 2.45) is 0 Å². The summed E-state index contributed by atoms with van der Waals surface area (Å²) < 4.78 is 13.3. The molecule has 0 fully saturated rings. The van der Waals surface area contributed by atoms with Gasteiger partial charge in [-0.05, 0) is 36.8 Å². The van der Waals surface area contributed by atoms with Gasteiger partial charge in [-0.2, -0.15) is 0 Å². The van der Waals surface area contributed by atoms with Gasteiger partial charge in [-0.3, -0.25) is 4.98 Å². The van der Waals surface area contributed by atoms with Crippen molar-refractivity contribution in [2.75, 3.05) is 17.7 Å². The van der Waals surface area contributed by atoms with E-state index in [0.717, 1.165) is 11.4 Å². The van der Waals surface area contributed by atoms with Gasteiger partial charge in [-0.15, -0.1) is 0 Å². The molecule has 0 amide bonds. The zero-order chi connectivity index (χ0) is 13.1. The van der Waals surface area contributed by atoms with Crippen LogP contribution in [0.1, 0.15) is 11.3 Å². The van der Waals surface area contributed by atoms with Crippen molar-refractivity contribution in [2.45, 2.75) is 13.5 Å². The fraction of sp³-hybridized carbons (Fsp3) is 0.214. The smallest absolute Gasteiger partial charge is 0.128 e. The van der Waals surface area contributed by atoms with Crippen molar-refractivity contribution < 1.29 is 4.39 Å². The van der Waals surface area contributed by atoms with Crippen LogP contribution in [0, 0.1) is 12.7 Å². The highest BCUT2D eigenvalue weighted by molar-refractivity contribution is 5.68. The number of aromatic nitrogens is 1. The monoisotopic (exact) mass is 245 g/mol. The van der Waals surface area contributed by atoms with Gasteiger partial charge < -0.3 is 10.6 Å². The Morgan fingerprint density at radius 1 is 1.33 bits per heavy atom. The first-order chi connectivity index (χ1) is 8.58. The van der Waals surface area contributed by atoms with Crippen molar-refractivity contribution in [3.8, 4) is 0 Å². The molecule has 94 valence electrons. The van der Waals surface area contributed by atoms with Gasteiger partial charge in [-0.1, -0.05) is 6.07 Å². The Balaban J connectivity index is 2.24. The van der Waals surface area contributed by atoms with Gasteiger partial charge in [0.05, 0.1) is 23.6 Å². The molecule has 1 aromatic heterocycles. The topological polar surface area (TPSA) is 42.2 Å². The van der Waals surface area contributed by atoms with E-state index in [1.54, 1.807) is 19.2 Å². The Kier molecular flexibility index (Phi) is 3.46. The lowest BCUT2D eigenvalue weighted by Gasteiger charge is -2.21. The van der Waals surface area contributed by atoms with E-state index in [-0.39, 0.29) is 5.82 Å². The lowest BCUT2D eigenvalue weighted by molar-refractivity contribution is 0.619. The number of anilines is 2. The van der Waals surface area contributed by atoms with Crippen LogP contribution in [-0.2, 0) is 6.54 Å². The molecule has 0 aliphatic heterocycles. The summed E-state index contributed by atoms with van der Waals surface area (Å²) in [5, 5.41) is 0. The van der Waals surface area contributed by atoms with E-state index < -0.39 is 0 Å². The highest BCUT2D eigenvalue weighted by Crippen LogP contribution is 2.26. The number of rotatable bonds is 3. The largest absolute Gasteiger partial charge is 0.397 e. The van der Waals surface area contributed by atoms with Gasteiger partial charge in [0.15, 0.2) is 0 Å². The summed E-state index contributed by atoms with van der Waals surface area (Å²) in [6.45, 7) is 2.36. The van der Waals surface area contributed by atoms with Crippen molar-refractivity contribution in [3.05, 3.63) is 53.6 Å². The molecule has 2 aromatic rings. The molecule has 2 rings (SSSR count). The predicted octanol–water partition coefficient (Wildman–Crippen LogP) is 2.75. The minimum absolute atomic E-state index is 0.275. The average molecular weight is 245 g/mol. The summed E-state index contributed by atoms with van der Waals surface area (Å²) in [5.74, 6) is -0.275. The second-order valence-corrected chi connectivity index (χ2v) is 4.34. The van der Waals surface area contributed by atoms with Gasteiger partial charge in [0.2, 0.25) is 0 Å². The maximum Gasteiger partial charge on any atom is 0.128 e. The summed E-state index contributed by atoms with van der Waals surface area (Å²) >= 11 is 0. The van der Waals surface area contributed by atoms with Crippen LogP contribution >= 0.6 is 0 Å². The third-order valence-corrected chi connectivity index (χ3v) is 2.84. The molecule has 2 N–H and O–H groups in total. The molecule has 0 spiro atoms. The van der Waals surface area contributed by atoms with E-state index in [1.165, 1.54) is 6.07 Å². The maximum absolute atomic E-state index is 13.3. The predicted molar refractivity (Wildman–Crippen MR) is 71.9 cm³/mol. The lowest BCUT2D eigenvalue weighted by Crippen LogP contribution is -2.18. The summed E-state index contributed by atoms with van der Waals surface area (Å²) in [6.07, 6.45) is 1.75. The molecule has 0 unspecified atom stereocenters. The number of nitrogens with zero attached hydrogens (tertiary/aromatic N) is 2. The first-order valence-electron chi connectivity index (χ1n) is 5.74. The molecule has 4 heteroatoms.